The van der Waals surface area contributed by atoms with E-state index < -0.39 is 5.60 Å². The Labute approximate surface area is 147 Å². The molecule has 0 saturated heterocycles. The Morgan fingerprint density at radius 2 is 1.92 bits per heavy atom. The molecule has 4 aliphatic rings. The van der Waals surface area contributed by atoms with E-state index in [1.54, 1.807) is 5.57 Å². The largest absolute Gasteiger partial charge is 0.390 e. The van der Waals surface area contributed by atoms with Crippen molar-refractivity contribution in [2.24, 2.45) is 34.5 Å². The first kappa shape index (κ1) is 16.6. The van der Waals surface area contributed by atoms with Crippen LogP contribution in [-0.2, 0) is 0 Å². The second kappa shape index (κ2) is 5.10. The van der Waals surface area contributed by atoms with Gasteiger partial charge in [-0.05, 0) is 81.0 Å². The van der Waals surface area contributed by atoms with Gasteiger partial charge in [0.25, 0.3) is 0 Å². The predicted molar refractivity (Wildman–Crippen MR) is 101 cm³/mol. The summed E-state index contributed by atoms with van der Waals surface area (Å²) in [5.41, 5.74) is 3.11. The van der Waals surface area contributed by atoms with E-state index in [0.29, 0.717) is 22.7 Å². The summed E-state index contributed by atoms with van der Waals surface area (Å²) in [6.07, 6.45) is 14.4. The van der Waals surface area contributed by atoms with Crippen LogP contribution in [0.15, 0.2) is 36.0 Å². The van der Waals surface area contributed by atoms with Gasteiger partial charge in [0.15, 0.2) is 0 Å². The average molecular weight is 327 g/mol. The summed E-state index contributed by atoms with van der Waals surface area (Å²) in [5.74, 6) is 2.84. The van der Waals surface area contributed by atoms with Gasteiger partial charge in [0, 0.05) is 5.92 Å². The highest BCUT2D eigenvalue weighted by Gasteiger charge is 2.57. The number of fused-ring (bicyclic) bond motifs is 5. The molecule has 0 aromatic heterocycles. The van der Waals surface area contributed by atoms with Gasteiger partial charge >= 0.3 is 0 Å². The molecule has 2 fully saturated rings. The molecule has 0 radical (unpaired) electrons. The molecule has 1 nitrogen and oxygen atoms in total. The summed E-state index contributed by atoms with van der Waals surface area (Å²) in [6.45, 7) is 13.5. The highest BCUT2D eigenvalue weighted by molar-refractivity contribution is 5.30. The SMILES string of the molecule is C=C(C)[C@H]1C=C[C@H]2[C@@H]3CC=C4C[C@@](C)(O)CC[C@]4(C)[C@H]3CC[C@]12C. The van der Waals surface area contributed by atoms with Gasteiger partial charge in [-0.2, -0.15) is 0 Å². The normalized spacial score (nSPS) is 53.0. The van der Waals surface area contributed by atoms with Gasteiger partial charge in [-0.25, -0.2) is 0 Å². The van der Waals surface area contributed by atoms with E-state index in [2.05, 4.69) is 45.6 Å². The topological polar surface area (TPSA) is 20.2 Å². The van der Waals surface area contributed by atoms with Gasteiger partial charge in [0.2, 0.25) is 0 Å². The van der Waals surface area contributed by atoms with Crippen molar-refractivity contribution in [3.63, 3.8) is 0 Å². The monoisotopic (exact) mass is 326 g/mol. The van der Waals surface area contributed by atoms with Gasteiger partial charge in [-0.15, -0.1) is 0 Å². The van der Waals surface area contributed by atoms with Crippen LogP contribution in [0, 0.1) is 34.5 Å². The van der Waals surface area contributed by atoms with Crippen molar-refractivity contribution in [3.8, 4) is 0 Å². The van der Waals surface area contributed by atoms with Crippen LogP contribution in [0.1, 0.15) is 66.2 Å². The quantitative estimate of drug-likeness (QED) is 0.616. The molecule has 0 aliphatic heterocycles. The zero-order chi connectivity index (χ0) is 17.3. The fourth-order valence-corrected chi connectivity index (χ4v) is 6.99. The number of rotatable bonds is 1. The van der Waals surface area contributed by atoms with Gasteiger partial charge in [0.05, 0.1) is 5.60 Å². The van der Waals surface area contributed by atoms with E-state index in [1.807, 2.05) is 6.92 Å². The van der Waals surface area contributed by atoms with Gasteiger partial charge < -0.3 is 5.11 Å². The van der Waals surface area contributed by atoms with E-state index in [4.69, 9.17) is 0 Å². The van der Waals surface area contributed by atoms with Gasteiger partial charge in [-0.1, -0.05) is 49.8 Å². The molecule has 132 valence electrons. The lowest BCUT2D eigenvalue weighted by Gasteiger charge is -2.58. The van der Waals surface area contributed by atoms with E-state index >= 15 is 0 Å². The van der Waals surface area contributed by atoms with Gasteiger partial charge in [-0.3, -0.25) is 0 Å². The number of hydrogen-bond acceptors (Lipinski definition) is 1. The standard InChI is InChI=1S/C23H34O/c1-15(2)18-8-9-19-17-7-6-16-14-21(3,24)12-13-22(16,4)20(17)10-11-23(18,19)5/h6,8-9,17-20,24H,1,7,10-14H2,2-5H3/t17-,18+,19-,20-,21-,22-,23+/m0/s1. The van der Waals surface area contributed by atoms with Crippen LogP contribution in [0.2, 0.25) is 0 Å². The third-order valence-electron chi connectivity index (χ3n) is 8.43. The van der Waals surface area contributed by atoms with Crippen molar-refractivity contribution >= 4 is 0 Å². The minimum Gasteiger partial charge on any atom is -0.390 e. The molecule has 0 unspecified atom stereocenters. The first-order chi connectivity index (χ1) is 11.2. The van der Waals surface area contributed by atoms with Crippen LogP contribution in [0.25, 0.3) is 0 Å². The smallest absolute Gasteiger partial charge is 0.0657 e. The third kappa shape index (κ3) is 2.16. The lowest BCUT2D eigenvalue weighted by atomic mass is 9.46. The molecule has 0 bridgehead atoms. The van der Waals surface area contributed by atoms with E-state index in [1.165, 1.54) is 24.8 Å². The molecule has 0 aromatic rings. The highest BCUT2D eigenvalue weighted by Crippen LogP contribution is 2.65. The van der Waals surface area contributed by atoms with E-state index in [0.717, 1.165) is 31.1 Å². The van der Waals surface area contributed by atoms with Crippen LogP contribution >= 0.6 is 0 Å². The summed E-state index contributed by atoms with van der Waals surface area (Å²) in [4.78, 5) is 0. The molecule has 1 heteroatoms. The lowest BCUT2D eigenvalue weighted by Crippen LogP contribution is -2.51. The molecule has 2 saturated carbocycles. The fraction of sp³-hybridized carbons (Fsp3) is 0.739. The molecule has 0 aromatic carbocycles. The zero-order valence-electron chi connectivity index (χ0n) is 15.9. The van der Waals surface area contributed by atoms with Crippen molar-refractivity contribution < 1.29 is 5.11 Å². The Morgan fingerprint density at radius 3 is 2.62 bits per heavy atom. The lowest BCUT2D eigenvalue weighted by molar-refractivity contribution is -0.0557. The number of aliphatic hydroxyl groups is 1. The Hall–Kier alpha value is -0.820. The minimum atomic E-state index is -0.486. The van der Waals surface area contributed by atoms with Crippen LogP contribution in [0.5, 0.6) is 0 Å². The maximum atomic E-state index is 10.5. The summed E-state index contributed by atoms with van der Waals surface area (Å²) in [6, 6.07) is 0. The molecular weight excluding hydrogens is 292 g/mol. The first-order valence-corrected chi connectivity index (χ1v) is 9.93. The number of hydrogen-bond donors (Lipinski definition) is 1. The third-order valence-corrected chi connectivity index (χ3v) is 8.43. The molecule has 0 spiro atoms. The molecule has 0 heterocycles. The highest BCUT2D eigenvalue weighted by atomic mass is 16.3. The summed E-state index contributed by atoms with van der Waals surface area (Å²) in [5, 5.41) is 10.5. The Morgan fingerprint density at radius 1 is 1.17 bits per heavy atom. The zero-order valence-corrected chi connectivity index (χ0v) is 15.9. The predicted octanol–water partition coefficient (Wildman–Crippen LogP) is 5.67. The first-order valence-electron chi connectivity index (χ1n) is 9.93. The van der Waals surface area contributed by atoms with Crippen LogP contribution < -0.4 is 0 Å². The van der Waals surface area contributed by atoms with Gasteiger partial charge in [0.1, 0.15) is 0 Å². The summed E-state index contributed by atoms with van der Waals surface area (Å²) in [7, 11) is 0. The van der Waals surface area contributed by atoms with Crippen molar-refractivity contribution in [2.75, 3.05) is 0 Å². The maximum absolute atomic E-state index is 10.5. The fourth-order valence-electron chi connectivity index (χ4n) is 6.99. The van der Waals surface area contributed by atoms with Crippen molar-refractivity contribution in [1.29, 1.82) is 0 Å². The average Bonchev–Trinajstić information content (AvgIpc) is 2.85. The molecule has 24 heavy (non-hydrogen) atoms. The van der Waals surface area contributed by atoms with Crippen LogP contribution in [0.4, 0.5) is 0 Å². The summed E-state index contributed by atoms with van der Waals surface area (Å²) >= 11 is 0. The van der Waals surface area contributed by atoms with Crippen molar-refractivity contribution in [2.45, 2.75) is 71.8 Å². The van der Waals surface area contributed by atoms with Crippen LogP contribution in [-0.4, -0.2) is 10.7 Å². The molecule has 4 rings (SSSR count). The van der Waals surface area contributed by atoms with E-state index in [-0.39, 0.29) is 0 Å². The molecule has 7 atom stereocenters. The maximum Gasteiger partial charge on any atom is 0.0657 e. The minimum absolute atomic E-state index is 0.321. The Bertz CT molecular complexity index is 624. The second-order valence-electron chi connectivity index (χ2n) is 10.1. The molecular formula is C23H34O. The van der Waals surface area contributed by atoms with Crippen molar-refractivity contribution in [1.82, 2.24) is 0 Å². The Balaban J connectivity index is 1.67. The molecule has 1 N–H and O–H groups in total. The molecule has 4 aliphatic carbocycles. The summed E-state index contributed by atoms with van der Waals surface area (Å²) < 4.78 is 0. The molecule has 0 amide bonds. The number of allylic oxidation sites excluding steroid dienone is 4. The van der Waals surface area contributed by atoms with E-state index in [9.17, 15) is 5.11 Å². The van der Waals surface area contributed by atoms with Crippen molar-refractivity contribution in [3.05, 3.63) is 36.0 Å². The second-order valence-corrected chi connectivity index (χ2v) is 10.1. The van der Waals surface area contributed by atoms with Crippen LogP contribution in [0.3, 0.4) is 0 Å². The Kier molecular flexibility index (Phi) is 3.53.